The van der Waals surface area contributed by atoms with Crippen LogP contribution in [0.15, 0.2) is 16.7 Å². The van der Waals surface area contributed by atoms with Crippen LogP contribution < -0.4 is 10.1 Å². The molecule has 0 bridgehead atoms. The van der Waals surface area contributed by atoms with Gasteiger partial charge in [-0.25, -0.2) is 4.79 Å². The second kappa shape index (κ2) is 6.44. The molecule has 1 aliphatic carbocycles. The molecule has 0 radical (unpaired) electrons. The van der Waals surface area contributed by atoms with Gasteiger partial charge in [-0.3, -0.25) is 4.98 Å². The molecule has 0 aliphatic heterocycles. The lowest BCUT2D eigenvalue weighted by Crippen LogP contribution is -2.37. The smallest absolute Gasteiger partial charge is 0.407 e. The standard InChI is InChI=1S/C16H23BrN2O3/c1-11-13(17)7-12(8-18-11)21-10-16(5-6-16)9-19-14(20)22-15(2,3)4/h7-8H,5-6,9-10H2,1-4H3,(H,19,20). The van der Waals surface area contributed by atoms with Crippen molar-refractivity contribution in [2.24, 2.45) is 5.41 Å². The Labute approximate surface area is 139 Å². The third kappa shape index (κ3) is 5.16. The van der Waals surface area contributed by atoms with E-state index in [1.165, 1.54) is 0 Å². The molecule has 1 heterocycles. The Kier molecular flexibility index (Phi) is 5.00. The molecule has 1 aromatic heterocycles. The van der Waals surface area contributed by atoms with Gasteiger partial charge in [-0.1, -0.05) is 0 Å². The number of halogens is 1. The highest BCUT2D eigenvalue weighted by Crippen LogP contribution is 2.45. The number of nitrogens with one attached hydrogen (secondary N) is 1. The van der Waals surface area contributed by atoms with Gasteiger partial charge in [-0.05, 0) is 62.5 Å². The lowest BCUT2D eigenvalue weighted by Gasteiger charge is -2.22. The van der Waals surface area contributed by atoms with Crippen molar-refractivity contribution in [2.75, 3.05) is 13.2 Å². The number of ether oxygens (including phenoxy) is 2. The van der Waals surface area contributed by atoms with Crippen LogP contribution in [-0.4, -0.2) is 29.8 Å². The Morgan fingerprint density at radius 1 is 1.45 bits per heavy atom. The predicted molar refractivity (Wildman–Crippen MR) is 88.1 cm³/mol. The van der Waals surface area contributed by atoms with Crippen molar-refractivity contribution in [2.45, 2.75) is 46.1 Å². The van der Waals surface area contributed by atoms with Crippen LogP contribution in [0.4, 0.5) is 4.79 Å². The molecule has 0 aromatic carbocycles. The van der Waals surface area contributed by atoms with Crippen LogP contribution in [0.25, 0.3) is 0 Å². The fourth-order valence-corrected chi connectivity index (χ4v) is 2.25. The SMILES string of the molecule is Cc1ncc(OCC2(CNC(=O)OC(C)(C)C)CC2)cc1Br. The summed E-state index contributed by atoms with van der Waals surface area (Å²) in [5, 5.41) is 2.83. The van der Waals surface area contributed by atoms with Gasteiger partial charge < -0.3 is 14.8 Å². The van der Waals surface area contributed by atoms with E-state index < -0.39 is 5.60 Å². The number of pyridine rings is 1. The number of aromatic nitrogens is 1. The van der Waals surface area contributed by atoms with E-state index in [-0.39, 0.29) is 11.5 Å². The molecule has 5 nitrogen and oxygen atoms in total. The van der Waals surface area contributed by atoms with Gasteiger partial charge in [-0.15, -0.1) is 0 Å². The molecule has 1 aliphatic rings. The Balaban J connectivity index is 1.80. The molecule has 2 rings (SSSR count). The first-order chi connectivity index (χ1) is 10.2. The summed E-state index contributed by atoms with van der Waals surface area (Å²) in [6, 6.07) is 1.92. The lowest BCUT2D eigenvalue weighted by molar-refractivity contribution is 0.0509. The van der Waals surface area contributed by atoms with Gasteiger partial charge in [0.25, 0.3) is 0 Å². The quantitative estimate of drug-likeness (QED) is 0.855. The van der Waals surface area contributed by atoms with E-state index in [9.17, 15) is 4.79 Å². The molecule has 0 unspecified atom stereocenters. The molecule has 1 saturated carbocycles. The van der Waals surface area contributed by atoms with Crippen molar-refractivity contribution < 1.29 is 14.3 Å². The van der Waals surface area contributed by atoms with Gasteiger partial charge in [0.15, 0.2) is 0 Å². The molecule has 0 spiro atoms. The minimum Gasteiger partial charge on any atom is -0.491 e. The first-order valence-corrected chi connectivity index (χ1v) is 8.20. The Bertz CT molecular complexity index is 551. The largest absolute Gasteiger partial charge is 0.491 e. The van der Waals surface area contributed by atoms with Crippen LogP contribution in [0.1, 0.15) is 39.3 Å². The molecule has 0 saturated heterocycles. The van der Waals surface area contributed by atoms with Crippen LogP contribution in [0, 0.1) is 12.3 Å². The van der Waals surface area contributed by atoms with Crippen LogP contribution in [0.5, 0.6) is 5.75 Å². The summed E-state index contributed by atoms with van der Waals surface area (Å²) < 4.78 is 12.0. The van der Waals surface area contributed by atoms with Gasteiger partial charge in [0.1, 0.15) is 11.4 Å². The summed E-state index contributed by atoms with van der Waals surface area (Å²) in [7, 11) is 0. The zero-order valence-electron chi connectivity index (χ0n) is 13.5. The van der Waals surface area contributed by atoms with E-state index in [4.69, 9.17) is 9.47 Å². The van der Waals surface area contributed by atoms with Crippen molar-refractivity contribution in [3.05, 3.63) is 22.4 Å². The zero-order chi connectivity index (χ0) is 16.4. The average molecular weight is 371 g/mol. The molecular weight excluding hydrogens is 348 g/mol. The lowest BCUT2D eigenvalue weighted by atomic mass is 10.1. The van der Waals surface area contributed by atoms with E-state index >= 15 is 0 Å². The normalized spacial score (nSPS) is 16.0. The fourth-order valence-electron chi connectivity index (χ4n) is 1.93. The number of carbonyl (C=O) groups excluding carboxylic acids is 1. The van der Waals surface area contributed by atoms with E-state index in [1.54, 1.807) is 6.20 Å². The maximum Gasteiger partial charge on any atom is 0.407 e. The molecule has 0 atom stereocenters. The number of hydrogen-bond acceptors (Lipinski definition) is 4. The second-order valence-corrected chi connectivity index (χ2v) is 7.74. The fraction of sp³-hybridized carbons (Fsp3) is 0.625. The third-order valence-electron chi connectivity index (χ3n) is 3.51. The highest BCUT2D eigenvalue weighted by Gasteiger charge is 2.44. The number of nitrogens with zero attached hydrogens (tertiary/aromatic N) is 1. The first-order valence-electron chi connectivity index (χ1n) is 7.41. The van der Waals surface area contributed by atoms with Crippen molar-refractivity contribution >= 4 is 22.0 Å². The van der Waals surface area contributed by atoms with Crippen LogP contribution in [0.2, 0.25) is 0 Å². The van der Waals surface area contributed by atoms with Gasteiger partial charge in [0.05, 0.1) is 18.5 Å². The summed E-state index contributed by atoms with van der Waals surface area (Å²) in [6.45, 7) is 8.63. The molecule has 1 N–H and O–H groups in total. The number of carbonyl (C=O) groups is 1. The molecule has 6 heteroatoms. The number of aryl methyl sites for hydroxylation is 1. The average Bonchev–Trinajstić information content (AvgIpc) is 3.17. The van der Waals surface area contributed by atoms with Crippen LogP contribution in [-0.2, 0) is 4.74 Å². The summed E-state index contributed by atoms with van der Waals surface area (Å²) in [4.78, 5) is 16.0. The molecule has 122 valence electrons. The van der Waals surface area contributed by atoms with Gasteiger partial charge in [-0.2, -0.15) is 0 Å². The van der Waals surface area contributed by atoms with Gasteiger partial charge >= 0.3 is 6.09 Å². The van der Waals surface area contributed by atoms with E-state index in [1.807, 2.05) is 33.8 Å². The Morgan fingerprint density at radius 3 is 2.68 bits per heavy atom. The number of rotatable bonds is 5. The molecule has 1 aromatic rings. The number of amides is 1. The van der Waals surface area contributed by atoms with Crippen molar-refractivity contribution in [1.82, 2.24) is 10.3 Å². The topological polar surface area (TPSA) is 60.5 Å². The summed E-state index contributed by atoms with van der Waals surface area (Å²) in [5.74, 6) is 0.737. The third-order valence-corrected chi connectivity index (χ3v) is 4.31. The maximum absolute atomic E-state index is 11.7. The number of alkyl carbamates (subject to hydrolysis) is 1. The zero-order valence-corrected chi connectivity index (χ0v) is 15.1. The van der Waals surface area contributed by atoms with Crippen molar-refractivity contribution in [1.29, 1.82) is 0 Å². The molecule has 1 fully saturated rings. The van der Waals surface area contributed by atoms with E-state index in [2.05, 4.69) is 26.2 Å². The minimum absolute atomic E-state index is 0.0221. The van der Waals surface area contributed by atoms with Crippen LogP contribution >= 0.6 is 15.9 Å². The summed E-state index contributed by atoms with van der Waals surface area (Å²) >= 11 is 3.44. The monoisotopic (exact) mass is 370 g/mol. The summed E-state index contributed by atoms with van der Waals surface area (Å²) in [6.07, 6.45) is 3.43. The van der Waals surface area contributed by atoms with Gasteiger partial charge in [0.2, 0.25) is 0 Å². The highest BCUT2D eigenvalue weighted by molar-refractivity contribution is 9.10. The summed E-state index contributed by atoms with van der Waals surface area (Å²) in [5.41, 5.74) is 0.478. The Morgan fingerprint density at radius 2 is 2.14 bits per heavy atom. The first kappa shape index (κ1) is 17.1. The number of hydrogen-bond donors (Lipinski definition) is 1. The molecule has 1 amide bonds. The maximum atomic E-state index is 11.7. The molecular formula is C16H23BrN2O3. The predicted octanol–water partition coefficient (Wildman–Crippen LogP) is 3.84. The highest BCUT2D eigenvalue weighted by atomic mass is 79.9. The molecule has 22 heavy (non-hydrogen) atoms. The minimum atomic E-state index is -0.475. The van der Waals surface area contributed by atoms with Crippen LogP contribution in [0.3, 0.4) is 0 Å². The van der Waals surface area contributed by atoms with E-state index in [0.717, 1.165) is 28.8 Å². The van der Waals surface area contributed by atoms with Crippen molar-refractivity contribution in [3.63, 3.8) is 0 Å². The van der Waals surface area contributed by atoms with Gasteiger partial charge in [0, 0.05) is 16.4 Å². The Hall–Kier alpha value is -1.30. The van der Waals surface area contributed by atoms with Crippen molar-refractivity contribution in [3.8, 4) is 5.75 Å². The van der Waals surface area contributed by atoms with E-state index in [0.29, 0.717) is 13.2 Å². The second-order valence-electron chi connectivity index (χ2n) is 6.88.